The van der Waals surface area contributed by atoms with Gasteiger partial charge in [-0.1, -0.05) is 84.0 Å². The minimum absolute atomic E-state index is 0.604. The lowest BCUT2D eigenvalue weighted by molar-refractivity contribution is -0.671. The second kappa shape index (κ2) is 17.2. The number of rotatable bonds is 15. The molecule has 0 saturated heterocycles. The maximum Gasteiger partial charge on any atom is 0.243 e. The second-order valence-electron chi connectivity index (χ2n) is 7.62. The number of nitrogens with zero attached hydrogens (tertiary/aromatic N) is 2. The van der Waals surface area contributed by atoms with Crippen molar-refractivity contribution in [1.29, 1.82) is 0 Å². The number of aryl methyl sites for hydroxylation is 2. The molecular weight excluding hydrogens is 360 g/mol. The molecule has 0 atom stereocenters. The summed E-state index contributed by atoms with van der Waals surface area (Å²) in [5.74, 6) is 0. The molecule has 0 unspecified atom stereocenters. The molecule has 0 aliphatic rings. The predicted octanol–water partition coefficient (Wildman–Crippen LogP) is 4.96. The first-order chi connectivity index (χ1) is 12.8. The van der Waals surface area contributed by atoms with Gasteiger partial charge in [-0.05, 0) is 12.8 Å². The van der Waals surface area contributed by atoms with Gasteiger partial charge in [0.15, 0.2) is 0 Å². The van der Waals surface area contributed by atoms with Crippen molar-refractivity contribution in [3.05, 3.63) is 18.7 Å². The fraction of sp³-hybridized carbons (Fsp3) is 0.857. The first kappa shape index (κ1) is 26.1. The molecule has 0 spiro atoms. The Hall–Kier alpha value is -0.880. The maximum absolute atomic E-state index is 9.08. The van der Waals surface area contributed by atoms with E-state index < -0.39 is 10.1 Å². The van der Waals surface area contributed by atoms with Gasteiger partial charge in [-0.15, -0.1) is 0 Å². The van der Waals surface area contributed by atoms with Crippen LogP contribution in [0, 0.1) is 0 Å². The van der Waals surface area contributed by atoms with Crippen LogP contribution in [0.1, 0.15) is 96.8 Å². The Morgan fingerprint density at radius 2 is 1.19 bits per heavy atom. The van der Waals surface area contributed by atoms with Gasteiger partial charge >= 0.3 is 0 Å². The number of imidazole rings is 1. The lowest BCUT2D eigenvalue weighted by Crippen LogP contribution is -2.23. The summed E-state index contributed by atoms with van der Waals surface area (Å²) in [5.41, 5.74) is 0. The lowest BCUT2D eigenvalue weighted by atomic mass is 10.0. The maximum atomic E-state index is 9.08. The van der Waals surface area contributed by atoms with E-state index in [-0.39, 0.29) is 0 Å². The highest BCUT2D eigenvalue weighted by molar-refractivity contribution is 7.84. The topological polar surface area (TPSA) is 66.0 Å². The van der Waals surface area contributed by atoms with Gasteiger partial charge in [0.05, 0.1) is 23.7 Å². The molecule has 27 heavy (non-hydrogen) atoms. The van der Waals surface area contributed by atoms with Crippen molar-refractivity contribution < 1.29 is 17.5 Å². The SMILES string of the molecule is CCCCCCCCCCCCCCCCn1cc[n+](C)c1.CS(=O)(=O)[O-]. The molecule has 0 saturated carbocycles. The summed E-state index contributed by atoms with van der Waals surface area (Å²) < 4.78 is 31.6. The fourth-order valence-electron chi connectivity index (χ4n) is 3.12. The van der Waals surface area contributed by atoms with Crippen molar-refractivity contribution in [3.63, 3.8) is 0 Å². The minimum atomic E-state index is -3.92. The molecule has 0 bridgehead atoms. The third-order valence-electron chi connectivity index (χ3n) is 4.59. The Morgan fingerprint density at radius 1 is 0.815 bits per heavy atom. The van der Waals surface area contributed by atoms with Crippen LogP contribution in [-0.4, -0.2) is 23.8 Å². The molecule has 1 aromatic rings. The largest absolute Gasteiger partial charge is 0.748 e. The Bertz CT molecular complexity index is 533. The normalized spacial score (nSPS) is 11.3. The van der Waals surface area contributed by atoms with Gasteiger partial charge in [0.2, 0.25) is 6.33 Å². The van der Waals surface area contributed by atoms with Crippen LogP contribution in [0.3, 0.4) is 0 Å². The molecule has 0 aliphatic heterocycles. The zero-order valence-electron chi connectivity index (χ0n) is 17.9. The first-order valence-corrected chi connectivity index (χ1v) is 12.6. The van der Waals surface area contributed by atoms with E-state index in [1.165, 1.54) is 96.4 Å². The fourth-order valence-corrected chi connectivity index (χ4v) is 3.12. The monoisotopic (exact) mass is 402 g/mol. The van der Waals surface area contributed by atoms with E-state index in [2.05, 4.69) is 41.8 Å². The molecule has 0 aromatic carbocycles. The minimum Gasteiger partial charge on any atom is -0.748 e. The number of hydrogen-bond donors (Lipinski definition) is 0. The van der Waals surface area contributed by atoms with Gasteiger partial charge in [0.25, 0.3) is 0 Å². The molecule has 0 N–H and O–H groups in total. The van der Waals surface area contributed by atoms with E-state index in [0.29, 0.717) is 6.26 Å². The van der Waals surface area contributed by atoms with E-state index in [1.807, 2.05) is 0 Å². The Kier molecular flexibility index (Phi) is 16.7. The zero-order chi connectivity index (χ0) is 20.4. The van der Waals surface area contributed by atoms with E-state index >= 15 is 0 Å². The highest BCUT2D eigenvalue weighted by Gasteiger charge is 1.99. The van der Waals surface area contributed by atoms with Crippen LogP contribution in [0.4, 0.5) is 0 Å². The van der Waals surface area contributed by atoms with Crippen LogP contribution in [0.15, 0.2) is 18.7 Å². The van der Waals surface area contributed by atoms with Crippen LogP contribution in [0.2, 0.25) is 0 Å². The summed E-state index contributed by atoms with van der Waals surface area (Å²) in [6.45, 7) is 3.47. The lowest BCUT2D eigenvalue weighted by Gasteiger charge is -2.03. The smallest absolute Gasteiger partial charge is 0.243 e. The van der Waals surface area contributed by atoms with Crippen molar-refractivity contribution in [1.82, 2.24) is 4.57 Å². The molecule has 0 fully saturated rings. The van der Waals surface area contributed by atoms with E-state index in [0.717, 1.165) is 0 Å². The quantitative estimate of drug-likeness (QED) is 0.237. The van der Waals surface area contributed by atoms with Crippen molar-refractivity contribution in [2.24, 2.45) is 7.05 Å². The molecule has 1 aromatic heterocycles. The number of aromatic nitrogens is 2. The van der Waals surface area contributed by atoms with Gasteiger partial charge in [-0.2, -0.15) is 0 Å². The summed E-state index contributed by atoms with van der Waals surface area (Å²) in [5, 5.41) is 0. The molecule has 0 amide bonds. The predicted molar refractivity (Wildman–Crippen MR) is 112 cm³/mol. The number of unbranched alkanes of at least 4 members (excludes halogenated alkanes) is 13. The summed E-state index contributed by atoms with van der Waals surface area (Å²) >= 11 is 0. The third kappa shape index (κ3) is 23.1. The highest BCUT2D eigenvalue weighted by atomic mass is 32.2. The van der Waals surface area contributed by atoms with Gasteiger partial charge < -0.3 is 4.55 Å². The summed E-state index contributed by atoms with van der Waals surface area (Å²) in [7, 11) is -1.83. The average molecular weight is 403 g/mol. The van der Waals surface area contributed by atoms with Crippen LogP contribution in [0.5, 0.6) is 0 Å². The van der Waals surface area contributed by atoms with Gasteiger partial charge in [-0.25, -0.2) is 17.6 Å². The van der Waals surface area contributed by atoms with Crippen molar-refractivity contribution in [3.8, 4) is 0 Å². The van der Waals surface area contributed by atoms with E-state index in [9.17, 15) is 0 Å². The standard InChI is InChI=1S/C20H39N2.CH4O3S/c1-3-4-5-6-7-8-9-10-11-12-13-14-15-16-17-22-19-18-21(2)20-22;1-5(2,3)4/h18-20H,3-17H2,1-2H3;1H3,(H,2,3,4)/q+1;/p-1. The summed E-state index contributed by atoms with van der Waals surface area (Å²) in [6, 6.07) is 0. The summed E-state index contributed by atoms with van der Waals surface area (Å²) in [4.78, 5) is 0. The van der Waals surface area contributed by atoms with Gasteiger partial charge in [0, 0.05) is 6.26 Å². The molecule has 5 nitrogen and oxygen atoms in total. The van der Waals surface area contributed by atoms with Gasteiger partial charge in [-0.3, -0.25) is 0 Å². The summed E-state index contributed by atoms with van der Waals surface area (Å²) in [6.07, 6.45) is 27.1. The van der Waals surface area contributed by atoms with Crippen LogP contribution >= 0.6 is 0 Å². The van der Waals surface area contributed by atoms with Crippen LogP contribution in [-0.2, 0) is 23.7 Å². The van der Waals surface area contributed by atoms with Gasteiger partial charge in [0.1, 0.15) is 12.4 Å². The van der Waals surface area contributed by atoms with Crippen molar-refractivity contribution in [2.75, 3.05) is 6.26 Å². The number of hydrogen-bond acceptors (Lipinski definition) is 3. The Morgan fingerprint density at radius 3 is 1.52 bits per heavy atom. The van der Waals surface area contributed by atoms with Crippen LogP contribution < -0.4 is 4.57 Å². The molecule has 1 rings (SSSR count). The molecule has 160 valence electrons. The first-order valence-electron chi connectivity index (χ1n) is 10.7. The van der Waals surface area contributed by atoms with Crippen LogP contribution in [0.25, 0.3) is 0 Å². The van der Waals surface area contributed by atoms with E-state index in [1.54, 1.807) is 0 Å². The molecule has 0 radical (unpaired) electrons. The highest BCUT2D eigenvalue weighted by Crippen LogP contribution is 2.13. The third-order valence-corrected chi connectivity index (χ3v) is 4.59. The Balaban J connectivity index is 0.00000119. The average Bonchev–Trinajstić information content (AvgIpc) is 2.99. The second-order valence-corrected chi connectivity index (χ2v) is 9.03. The van der Waals surface area contributed by atoms with E-state index in [4.69, 9.17) is 13.0 Å². The molecule has 1 heterocycles. The molecule has 6 heteroatoms. The Labute approximate surface area is 167 Å². The van der Waals surface area contributed by atoms with Crippen molar-refractivity contribution in [2.45, 2.75) is 103 Å². The molecular formula is C21H42N2O3S. The zero-order valence-corrected chi connectivity index (χ0v) is 18.7. The van der Waals surface area contributed by atoms with Crippen molar-refractivity contribution >= 4 is 10.1 Å². The molecule has 0 aliphatic carbocycles.